The van der Waals surface area contributed by atoms with Crippen LogP contribution in [0, 0.1) is 0 Å². The van der Waals surface area contributed by atoms with E-state index in [1.807, 2.05) is 18.2 Å². The lowest BCUT2D eigenvalue weighted by Gasteiger charge is -2.15. The van der Waals surface area contributed by atoms with E-state index < -0.39 is 5.79 Å². The summed E-state index contributed by atoms with van der Waals surface area (Å²) in [5.41, 5.74) is 1.72. The molecule has 1 aliphatic carbocycles. The number of fused-ring (bicyclic) bond motifs is 1. The van der Waals surface area contributed by atoms with E-state index in [4.69, 9.17) is 0 Å². The predicted molar refractivity (Wildman–Crippen MR) is 40.9 cm³/mol. The maximum absolute atomic E-state index is 9.40. The van der Waals surface area contributed by atoms with Crippen LogP contribution in [0.25, 0.3) is 0 Å². The lowest BCUT2D eigenvalue weighted by atomic mass is 10.1. The fourth-order valence-corrected chi connectivity index (χ4v) is 1.57. The molecule has 0 saturated heterocycles. The zero-order valence-electron chi connectivity index (χ0n) is 6.12. The molecule has 0 saturated carbocycles. The Morgan fingerprint density at radius 2 is 1.91 bits per heavy atom. The van der Waals surface area contributed by atoms with Crippen LogP contribution in [0.3, 0.4) is 0 Å². The highest BCUT2D eigenvalue weighted by Crippen LogP contribution is 2.33. The minimum Gasteiger partial charge on any atom is -0.362 e. The van der Waals surface area contributed by atoms with E-state index in [0.29, 0.717) is 12.0 Å². The van der Waals surface area contributed by atoms with Crippen LogP contribution in [0.15, 0.2) is 24.3 Å². The van der Waals surface area contributed by atoms with Gasteiger partial charge in [0.05, 0.1) is 0 Å². The van der Waals surface area contributed by atoms with Crippen molar-refractivity contribution in [1.82, 2.24) is 0 Å². The first-order valence-corrected chi connectivity index (χ1v) is 3.73. The van der Waals surface area contributed by atoms with Gasteiger partial charge >= 0.3 is 0 Å². The predicted octanol–water partition coefficient (Wildman–Crippen LogP) is 0.770. The summed E-state index contributed by atoms with van der Waals surface area (Å²) in [6.45, 7) is 0. The summed E-state index contributed by atoms with van der Waals surface area (Å²) < 4.78 is 0. The third-order valence-corrected chi connectivity index (χ3v) is 2.19. The smallest absolute Gasteiger partial charge is 0.190 e. The Hall–Kier alpha value is -0.860. The van der Waals surface area contributed by atoms with Gasteiger partial charge in [-0.05, 0) is 12.0 Å². The van der Waals surface area contributed by atoms with E-state index in [9.17, 15) is 10.2 Å². The lowest BCUT2D eigenvalue weighted by Crippen LogP contribution is -2.20. The highest BCUT2D eigenvalue weighted by atomic mass is 16.5. The maximum Gasteiger partial charge on any atom is 0.190 e. The molecule has 2 heteroatoms. The third-order valence-electron chi connectivity index (χ3n) is 2.19. The number of rotatable bonds is 0. The fraction of sp³-hybridized carbons (Fsp3) is 0.333. The molecule has 0 aliphatic heterocycles. The van der Waals surface area contributed by atoms with Crippen LogP contribution in [-0.2, 0) is 12.2 Å². The fourth-order valence-electron chi connectivity index (χ4n) is 1.57. The number of aliphatic hydroxyl groups is 2. The van der Waals surface area contributed by atoms with Crippen LogP contribution in [-0.4, -0.2) is 10.2 Å². The van der Waals surface area contributed by atoms with Gasteiger partial charge in [0.1, 0.15) is 0 Å². The van der Waals surface area contributed by atoms with E-state index in [1.165, 1.54) is 0 Å². The minimum absolute atomic E-state index is 0.423. The van der Waals surface area contributed by atoms with E-state index in [-0.39, 0.29) is 0 Å². The van der Waals surface area contributed by atoms with Crippen molar-refractivity contribution >= 4 is 0 Å². The summed E-state index contributed by atoms with van der Waals surface area (Å²) in [6.07, 6.45) is 1.19. The van der Waals surface area contributed by atoms with Gasteiger partial charge in [0.2, 0.25) is 0 Å². The van der Waals surface area contributed by atoms with Crippen molar-refractivity contribution in [3.8, 4) is 0 Å². The quantitative estimate of drug-likeness (QED) is 0.536. The molecule has 0 radical (unpaired) electrons. The van der Waals surface area contributed by atoms with Crippen molar-refractivity contribution in [3.63, 3.8) is 0 Å². The molecule has 0 spiro atoms. The van der Waals surface area contributed by atoms with E-state index in [2.05, 4.69) is 0 Å². The molecule has 0 fully saturated rings. The van der Waals surface area contributed by atoms with Gasteiger partial charge in [-0.25, -0.2) is 0 Å². The van der Waals surface area contributed by atoms with Crippen molar-refractivity contribution < 1.29 is 10.2 Å². The first-order chi connectivity index (χ1) is 5.20. The second kappa shape index (κ2) is 2.06. The van der Waals surface area contributed by atoms with E-state index in [0.717, 1.165) is 12.0 Å². The first-order valence-electron chi connectivity index (χ1n) is 3.73. The molecule has 11 heavy (non-hydrogen) atoms. The summed E-state index contributed by atoms with van der Waals surface area (Å²) in [5, 5.41) is 18.8. The lowest BCUT2D eigenvalue weighted by molar-refractivity contribution is -0.166. The molecule has 0 amide bonds. The van der Waals surface area contributed by atoms with Crippen molar-refractivity contribution in [2.24, 2.45) is 0 Å². The Balaban J connectivity index is 2.56. The molecule has 0 aromatic heterocycles. The average Bonchev–Trinajstić information content (AvgIpc) is 2.29. The SMILES string of the molecule is OC1(O)CCc2ccccc21. The molecule has 0 atom stereocenters. The maximum atomic E-state index is 9.40. The van der Waals surface area contributed by atoms with Crippen LogP contribution in [0.2, 0.25) is 0 Å². The van der Waals surface area contributed by atoms with Crippen molar-refractivity contribution in [1.29, 1.82) is 0 Å². The third kappa shape index (κ3) is 0.951. The Labute approximate surface area is 65.1 Å². The van der Waals surface area contributed by atoms with Crippen molar-refractivity contribution in [3.05, 3.63) is 35.4 Å². The number of benzene rings is 1. The molecule has 0 unspecified atom stereocenters. The van der Waals surface area contributed by atoms with Crippen LogP contribution in [0.1, 0.15) is 17.5 Å². The number of aryl methyl sites for hydroxylation is 1. The molecule has 0 bridgehead atoms. The Morgan fingerprint density at radius 3 is 2.64 bits per heavy atom. The first kappa shape index (κ1) is 6.83. The molecule has 1 aromatic rings. The second-order valence-corrected chi connectivity index (χ2v) is 2.97. The standard InChI is InChI=1S/C9H10O2/c10-9(11)6-5-7-3-1-2-4-8(7)9/h1-4,10-11H,5-6H2. The van der Waals surface area contributed by atoms with Crippen molar-refractivity contribution in [2.75, 3.05) is 0 Å². The van der Waals surface area contributed by atoms with Crippen LogP contribution in [0.4, 0.5) is 0 Å². The van der Waals surface area contributed by atoms with Gasteiger partial charge in [-0.15, -0.1) is 0 Å². The van der Waals surface area contributed by atoms with Gasteiger partial charge in [0.15, 0.2) is 5.79 Å². The van der Waals surface area contributed by atoms with Crippen molar-refractivity contribution in [2.45, 2.75) is 18.6 Å². The van der Waals surface area contributed by atoms with Gasteiger partial charge in [-0.2, -0.15) is 0 Å². The van der Waals surface area contributed by atoms with Gasteiger partial charge < -0.3 is 10.2 Å². The molecule has 1 aliphatic rings. The zero-order chi connectivity index (χ0) is 7.90. The number of hydrogen-bond acceptors (Lipinski definition) is 2. The second-order valence-electron chi connectivity index (χ2n) is 2.97. The largest absolute Gasteiger partial charge is 0.362 e. The molecule has 2 N–H and O–H groups in total. The molecule has 2 nitrogen and oxygen atoms in total. The summed E-state index contributed by atoms with van der Waals surface area (Å²) in [6, 6.07) is 7.44. The molecular formula is C9H10O2. The molecule has 1 aromatic carbocycles. The minimum atomic E-state index is -1.57. The van der Waals surface area contributed by atoms with E-state index in [1.54, 1.807) is 6.07 Å². The summed E-state index contributed by atoms with van der Waals surface area (Å²) in [7, 11) is 0. The van der Waals surface area contributed by atoms with Gasteiger partial charge in [-0.1, -0.05) is 24.3 Å². The monoisotopic (exact) mass is 150 g/mol. The Morgan fingerprint density at radius 1 is 1.18 bits per heavy atom. The molecule has 2 rings (SSSR count). The van der Waals surface area contributed by atoms with Crippen LogP contribution < -0.4 is 0 Å². The summed E-state index contributed by atoms with van der Waals surface area (Å²) >= 11 is 0. The van der Waals surface area contributed by atoms with Gasteiger partial charge in [-0.3, -0.25) is 0 Å². The van der Waals surface area contributed by atoms with E-state index >= 15 is 0 Å². The number of hydrogen-bond donors (Lipinski definition) is 2. The zero-order valence-corrected chi connectivity index (χ0v) is 6.12. The molecule has 0 heterocycles. The molecule has 58 valence electrons. The Kier molecular flexibility index (Phi) is 1.28. The Bertz CT molecular complexity index is 279. The summed E-state index contributed by atoms with van der Waals surface area (Å²) in [5.74, 6) is -1.57. The topological polar surface area (TPSA) is 40.5 Å². The summed E-state index contributed by atoms with van der Waals surface area (Å²) in [4.78, 5) is 0. The average molecular weight is 150 g/mol. The van der Waals surface area contributed by atoms with Crippen LogP contribution in [0.5, 0.6) is 0 Å². The van der Waals surface area contributed by atoms with Gasteiger partial charge in [0, 0.05) is 12.0 Å². The van der Waals surface area contributed by atoms with Crippen LogP contribution >= 0.6 is 0 Å². The highest BCUT2D eigenvalue weighted by molar-refractivity contribution is 5.34. The molecular weight excluding hydrogens is 140 g/mol. The highest BCUT2D eigenvalue weighted by Gasteiger charge is 2.33. The normalized spacial score (nSPS) is 19.8. The van der Waals surface area contributed by atoms with Gasteiger partial charge in [0.25, 0.3) is 0 Å².